The fourth-order valence-corrected chi connectivity index (χ4v) is 3.14. The van der Waals surface area contributed by atoms with E-state index in [-0.39, 0.29) is 18.4 Å². The Balaban J connectivity index is 1.61. The molecule has 0 unspecified atom stereocenters. The smallest absolute Gasteiger partial charge is 0.242 e. The van der Waals surface area contributed by atoms with Crippen LogP contribution in [0.5, 0.6) is 0 Å². The molecule has 26 heavy (non-hydrogen) atoms. The molecule has 0 bridgehead atoms. The van der Waals surface area contributed by atoms with Gasteiger partial charge in [-0.2, -0.15) is 0 Å². The van der Waals surface area contributed by atoms with Crippen molar-refractivity contribution in [1.29, 1.82) is 0 Å². The maximum Gasteiger partial charge on any atom is 0.242 e. The molecule has 1 aliphatic rings. The number of hydrogen-bond donors (Lipinski definition) is 0. The van der Waals surface area contributed by atoms with Gasteiger partial charge >= 0.3 is 0 Å². The Morgan fingerprint density at radius 2 is 1.85 bits per heavy atom. The summed E-state index contributed by atoms with van der Waals surface area (Å²) in [6.07, 6.45) is 1.78. The molecule has 136 valence electrons. The topological polar surface area (TPSA) is 56.8 Å². The Kier molecular flexibility index (Phi) is 5.51. The van der Waals surface area contributed by atoms with E-state index in [1.165, 1.54) is 6.92 Å². The van der Waals surface area contributed by atoms with Gasteiger partial charge in [0.15, 0.2) is 0 Å². The molecule has 1 fully saturated rings. The number of hydrogen-bond acceptors (Lipinski definition) is 4. The van der Waals surface area contributed by atoms with E-state index < -0.39 is 0 Å². The first-order valence-electron chi connectivity index (χ1n) is 8.83. The molecule has 0 radical (unpaired) electrons. The molecule has 1 aromatic heterocycles. The lowest BCUT2D eigenvalue weighted by Gasteiger charge is -2.36. The molecule has 0 atom stereocenters. The highest BCUT2D eigenvalue weighted by atomic mass is 16.2. The molecule has 0 spiro atoms. The number of carbonyl (C=O) groups excluding carboxylic acids is 2. The lowest BCUT2D eigenvalue weighted by molar-refractivity contribution is -0.131. The van der Waals surface area contributed by atoms with E-state index in [4.69, 9.17) is 0 Å². The lowest BCUT2D eigenvalue weighted by Crippen LogP contribution is -2.52. The van der Waals surface area contributed by atoms with E-state index in [0.717, 1.165) is 30.2 Å². The summed E-state index contributed by atoms with van der Waals surface area (Å²) in [5.41, 5.74) is 1.82. The minimum atomic E-state index is -0.129. The minimum absolute atomic E-state index is 0.0256. The number of rotatable bonds is 4. The summed E-state index contributed by atoms with van der Waals surface area (Å²) >= 11 is 0. The summed E-state index contributed by atoms with van der Waals surface area (Å²) in [4.78, 5) is 34.7. The first kappa shape index (κ1) is 17.9. The standard InChI is InChI=1S/C20H24N4O2/c1-16-6-5-7-18(14-16)24(17(2)25)15-20(26)23-12-10-22(11-13-23)19-8-3-4-9-21-19/h3-9,14H,10-13,15H2,1-2H3. The zero-order valence-electron chi connectivity index (χ0n) is 15.3. The first-order valence-corrected chi connectivity index (χ1v) is 8.83. The highest BCUT2D eigenvalue weighted by Gasteiger charge is 2.24. The van der Waals surface area contributed by atoms with Crippen LogP contribution >= 0.6 is 0 Å². The van der Waals surface area contributed by atoms with Crippen molar-refractivity contribution in [3.8, 4) is 0 Å². The van der Waals surface area contributed by atoms with Gasteiger partial charge in [0.25, 0.3) is 0 Å². The summed E-state index contributed by atoms with van der Waals surface area (Å²) in [5.74, 6) is 0.781. The molecular formula is C20H24N4O2. The van der Waals surface area contributed by atoms with Crippen molar-refractivity contribution in [2.75, 3.05) is 42.5 Å². The predicted molar refractivity (Wildman–Crippen MR) is 102 cm³/mol. The van der Waals surface area contributed by atoms with E-state index >= 15 is 0 Å². The van der Waals surface area contributed by atoms with Gasteiger partial charge in [-0.05, 0) is 36.8 Å². The minimum Gasteiger partial charge on any atom is -0.353 e. The third-order valence-electron chi connectivity index (χ3n) is 4.59. The molecule has 2 aromatic rings. The van der Waals surface area contributed by atoms with Gasteiger partial charge < -0.3 is 14.7 Å². The van der Waals surface area contributed by atoms with Gasteiger partial charge in [0.2, 0.25) is 11.8 Å². The molecule has 0 aliphatic carbocycles. The van der Waals surface area contributed by atoms with Crippen LogP contribution in [0, 0.1) is 6.92 Å². The number of aryl methyl sites for hydroxylation is 1. The van der Waals surface area contributed by atoms with Gasteiger partial charge in [0.05, 0.1) is 0 Å². The number of pyridine rings is 1. The van der Waals surface area contributed by atoms with Crippen LogP contribution in [0.4, 0.5) is 11.5 Å². The SMILES string of the molecule is CC(=O)N(CC(=O)N1CCN(c2ccccn2)CC1)c1cccc(C)c1. The maximum absolute atomic E-state index is 12.7. The number of piperazine rings is 1. The van der Waals surface area contributed by atoms with E-state index in [0.29, 0.717) is 13.1 Å². The molecule has 2 heterocycles. The van der Waals surface area contributed by atoms with Crippen LogP contribution in [-0.2, 0) is 9.59 Å². The Morgan fingerprint density at radius 1 is 1.08 bits per heavy atom. The molecule has 0 N–H and O–H groups in total. The fraction of sp³-hybridized carbons (Fsp3) is 0.350. The summed E-state index contributed by atoms with van der Waals surface area (Å²) < 4.78 is 0. The van der Waals surface area contributed by atoms with Gasteiger partial charge in [-0.15, -0.1) is 0 Å². The molecule has 1 aromatic carbocycles. The Bertz CT molecular complexity index is 770. The Morgan fingerprint density at radius 3 is 2.46 bits per heavy atom. The van der Waals surface area contributed by atoms with Crippen molar-refractivity contribution in [2.45, 2.75) is 13.8 Å². The van der Waals surface area contributed by atoms with E-state index in [9.17, 15) is 9.59 Å². The highest BCUT2D eigenvalue weighted by molar-refractivity contribution is 5.97. The van der Waals surface area contributed by atoms with Gasteiger partial charge in [-0.25, -0.2) is 4.98 Å². The maximum atomic E-state index is 12.7. The van der Waals surface area contributed by atoms with Gasteiger partial charge in [0.1, 0.15) is 12.4 Å². The van der Waals surface area contributed by atoms with Crippen molar-refractivity contribution >= 4 is 23.3 Å². The molecule has 0 saturated carbocycles. The van der Waals surface area contributed by atoms with Crippen LogP contribution in [-0.4, -0.2) is 54.4 Å². The van der Waals surface area contributed by atoms with Gasteiger partial charge in [0, 0.05) is 45.0 Å². The van der Waals surface area contributed by atoms with Crippen molar-refractivity contribution in [3.05, 3.63) is 54.2 Å². The van der Waals surface area contributed by atoms with Crippen LogP contribution in [0.2, 0.25) is 0 Å². The first-order chi connectivity index (χ1) is 12.5. The zero-order valence-corrected chi connectivity index (χ0v) is 15.3. The van der Waals surface area contributed by atoms with Crippen molar-refractivity contribution in [1.82, 2.24) is 9.88 Å². The second kappa shape index (κ2) is 7.99. The summed E-state index contributed by atoms with van der Waals surface area (Å²) in [5, 5.41) is 0. The van der Waals surface area contributed by atoms with Gasteiger partial charge in [-0.3, -0.25) is 9.59 Å². The molecule has 3 rings (SSSR count). The molecular weight excluding hydrogens is 328 g/mol. The number of aromatic nitrogens is 1. The van der Waals surface area contributed by atoms with Crippen molar-refractivity contribution in [2.24, 2.45) is 0 Å². The molecule has 1 aliphatic heterocycles. The summed E-state index contributed by atoms with van der Waals surface area (Å²) in [6.45, 7) is 6.29. The van der Waals surface area contributed by atoms with Crippen molar-refractivity contribution in [3.63, 3.8) is 0 Å². The van der Waals surface area contributed by atoms with E-state index in [1.54, 1.807) is 11.1 Å². The van der Waals surface area contributed by atoms with Crippen LogP contribution in [0.15, 0.2) is 48.7 Å². The number of nitrogens with zero attached hydrogens (tertiary/aromatic N) is 4. The van der Waals surface area contributed by atoms with E-state index in [2.05, 4.69) is 9.88 Å². The monoisotopic (exact) mass is 352 g/mol. The Hall–Kier alpha value is -2.89. The van der Waals surface area contributed by atoms with Crippen LogP contribution in [0.3, 0.4) is 0 Å². The normalized spacial score (nSPS) is 14.2. The van der Waals surface area contributed by atoms with E-state index in [1.807, 2.05) is 54.3 Å². The quantitative estimate of drug-likeness (QED) is 0.845. The van der Waals surface area contributed by atoms with Crippen molar-refractivity contribution < 1.29 is 9.59 Å². The lowest BCUT2D eigenvalue weighted by atomic mass is 10.2. The number of anilines is 2. The number of carbonyl (C=O) groups is 2. The molecule has 1 saturated heterocycles. The largest absolute Gasteiger partial charge is 0.353 e. The molecule has 6 heteroatoms. The van der Waals surface area contributed by atoms with Gasteiger partial charge in [-0.1, -0.05) is 18.2 Å². The van der Waals surface area contributed by atoms with Crippen LogP contribution in [0.25, 0.3) is 0 Å². The average molecular weight is 352 g/mol. The predicted octanol–water partition coefficient (Wildman–Crippen LogP) is 2.09. The molecule has 6 nitrogen and oxygen atoms in total. The second-order valence-electron chi connectivity index (χ2n) is 6.50. The summed E-state index contributed by atoms with van der Waals surface area (Å²) in [6, 6.07) is 13.5. The third kappa shape index (κ3) is 4.20. The van der Waals surface area contributed by atoms with Crippen LogP contribution in [0.1, 0.15) is 12.5 Å². The number of benzene rings is 1. The summed E-state index contributed by atoms with van der Waals surface area (Å²) in [7, 11) is 0. The Labute approximate surface area is 154 Å². The third-order valence-corrected chi connectivity index (χ3v) is 4.59. The fourth-order valence-electron chi connectivity index (χ4n) is 3.14. The number of amides is 2. The molecule has 2 amide bonds. The highest BCUT2D eigenvalue weighted by Crippen LogP contribution is 2.17. The van der Waals surface area contributed by atoms with Crippen LogP contribution < -0.4 is 9.80 Å². The average Bonchev–Trinajstić information content (AvgIpc) is 2.66. The zero-order chi connectivity index (χ0) is 18.5. The second-order valence-corrected chi connectivity index (χ2v) is 6.50.